The maximum Gasteiger partial charge on any atom is 0.123 e. The van der Waals surface area contributed by atoms with Crippen LogP contribution in [0.25, 0.3) is 0 Å². The Morgan fingerprint density at radius 3 is 2.83 bits per heavy atom. The Morgan fingerprint density at radius 1 is 1.44 bits per heavy atom. The van der Waals surface area contributed by atoms with E-state index < -0.39 is 0 Å². The van der Waals surface area contributed by atoms with Crippen LogP contribution in [0.2, 0.25) is 5.02 Å². The van der Waals surface area contributed by atoms with Crippen LogP contribution in [-0.2, 0) is 6.42 Å². The van der Waals surface area contributed by atoms with Crippen molar-refractivity contribution in [2.45, 2.75) is 38.6 Å². The second kappa shape index (κ2) is 6.03. The van der Waals surface area contributed by atoms with Gasteiger partial charge in [-0.15, -0.1) is 0 Å². The zero-order valence-electron chi connectivity index (χ0n) is 11.0. The van der Waals surface area contributed by atoms with E-state index in [1.54, 1.807) is 12.1 Å². The van der Waals surface area contributed by atoms with E-state index in [1.165, 1.54) is 25.3 Å². The number of rotatable bonds is 4. The maximum absolute atomic E-state index is 13.3. The van der Waals surface area contributed by atoms with E-state index in [1.807, 2.05) is 7.05 Å². The third kappa shape index (κ3) is 3.24. The van der Waals surface area contributed by atoms with Gasteiger partial charge in [-0.1, -0.05) is 24.9 Å². The molecule has 1 nitrogen and oxygen atoms in total. The van der Waals surface area contributed by atoms with Gasteiger partial charge >= 0.3 is 0 Å². The average Bonchev–Trinajstić information content (AvgIpc) is 2.77. The highest BCUT2D eigenvalue weighted by molar-refractivity contribution is 6.31. The third-order valence-corrected chi connectivity index (χ3v) is 4.49. The third-order valence-electron chi connectivity index (χ3n) is 4.12. The summed E-state index contributed by atoms with van der Waals surface area (Å²) < 4.78 is 13.3. The van der Waals surface area contributed by atoms with E-state index >= 15 is 0 Å². The van der Waals surface area contributed by atoms with Gasteiger partial charge in [-0.25, -0.2) is 4.39 Å². The lowest BCUT2D eigenvalue weighted by Crippen LogP contribution is -2.34. The Balaban J connectivity index is 2.08. The Kier molecular flexibility index (Phi) is 4.63. The van der Waals surface area contributed by atoms with Crippen molar-refractivity contribution in [3.63, 3.8) is 0 Å². The second-order valence-corrected chi connectivity index (χ2v) is 5.92. The van der Waals surface area contributed by atoms with Crippen molar-refractivity contribution in [2.75, 3.05) is 7.05 Å². The Hall–Kier alpha value is -0.600. The topological polar surface area (TPSA) is 12.0 Å². The molecule has 1 saturated carbocycles. The van der Waals surface area contributed by atoms with E-state index in [-0.39, 0.29) is 5.82 Å². The van der Waals surface area contributed by atoms with Crippen molar-refractivity contribution < 1.29 is 4.39 Å². The Labute approximate surface area is 114 Å². The fourth-order valence-electron chi connectivity index (χ4n) is 3.06. The Morgan fingerprint density at radius 2 is 2.22 bits per heavy atom. The second-order valence-electron chi connectivity index (χ2n) is 5.51. The van der Waals surface area contributed by atoms with Crippen LogP contribution in [0.15, 0.2) is 18.2 Å². The summed E-state index contributed by atoms with van der Waals surface area (Å²) in [6.45, 7) is 2.31. The molecule has 1 aliphatic carbocycles. The van der Waals surface area contributed by atoms with Gasteiger partial charge in [-0.05, 0) is 61.9 Å². The smallest absolute Gasteiger partial charge is 0.123 e. The fourth-order valence-corrected chi connectivity index (χ4v) is 3.25. The molecule has 0 bridgehead atoms. The number of hydrogen-bond acceptors (Lipinski definition) is 1. The van der Waals surface area contributed by atoms with Crippen molar-refractivity contribution in [3.8, 4) is 0 Å². The number of benzene rings is 1. The standard InChI is InChI=1S/C15H21ClFN/c1-10-3-4-11(7-10)15(18-2)9-12-8-13(17)5-6-14(12)16/h5-6,8,10-11,15,18H,3-4,7,9H2,1-2H3. The summed E-state index contributed by atoms with van der Waals surface area (Å²) >= 11 is 6.14. The minimum atomic E-state index is -0.205. The first-order valence-corrected chi connectivity index (χ1v) is 7.09. The van der Waals surface area contributed by atoms with Gasteiger partial charge in [-0.3, -0.25) is 0 Å². The highest BCUT2D eigenvalue weighted by Gasteiger charge is 2.28. The van der Waals surface area contributed by atoms with Gasteiger partial charge in [0.15, 0.2) is 0 Å². The number of nitrogens with one attached hydrogen (secondary N) is 1. The molecule has 0 amide bonds. The predicted molar refractivity (Wildman–Crippen MR) is 74.5 cm³/mol. The summed E-state index contributed by atoms with van der Waals surface area (Å²) in [6.07, 6.45) is 4.64. The normalized spacial score (nSPS) is 25.3. The monoisotopic (exact) mass is 269 g/mol. The molecule has 100 valence electrons. The molecule has 0 spiro atoms. The molecule has 1 N–H and O–H groups in total. The molecule has 1 aromatic rings. The number of likely N-dealkylation sites (N-methyl/N-ethyl adjacent to an activating group) is 1. The SMILES string of the molecule is CNC(Cc1cc(F)ccc1Cl)C1CCC(C)C1. The molecular formula is C15H21ClFN. The molecule has 1 fully saturated rings. The van der Waals surface area contributed by atoms with E-state index in [4.69, 9.17) is 11.6 Å². The van der Waals surface area contributed by atoms with Crippen LogP contribution >= 0.6 is 11.6 Å². The van der Waals surface area contributed by atoms with Gasteiger partial charge in [0.25, 0.3) is 0 Å². The van der Waals surface area contributed by atoms with Crippen LogP contribution in [0.5, 0.6) is 0 Å². The molecule has 3 heteroatoms. The zero-order valence-corrected chi connectivity index (χ0v) is 11.8. The molecule has 1 aliphatic rings. The van der Waals surface area contributed by atoms with Crippen LogP contribution in [0.4, 0.5) is 4.39 Å². The lowest BCUT2D eigenvalue weighted by atomic mass is 9.91. The summed E-state index contributed by atoms with van der Waals surface area (Å²) in [4.78, 5) is 0. The zero-order chi connectivity index (χ0) is 13.1. The summed E-state index contributed by atoms with van der Waals surface area (Å²) in [5, 5.41) is 4.05. The first kappa shape index (κ1) is 13.8. The molecule has 0 heterocycles. The number of hydrogen-bond donors (Lipinski definition) is 1. The van der Waals surface area contributed by atoms with E-state index in [0.717, 1.165) is 17.9 Å². The van der Waals surface area contributed by atoms with E-state index in [9.17, 15) is 4.39 Å². The summed E-state index contributed by atoms with van der Waals surface area (Å²) in [7, 11) is 1.99. The van der Waals surface area contributed by atoms with Crippen molar-refractivity contribution >= 4 is 11.6 Å². The van der Waals surface area contributed by atoms with Crippen LogP contribution in [0.3, 0.4) is 0 Å². The molecule has 0 aromatic heterocycles. The molecule has 0 aliphatic heterocycles. The van der Waals surface area contributed by atoms with Crippen molar-refractivity contribution in [1.29, 1.82) is 0 Å². The average molecular weight is 270 g/mol. The molecular weight excluding hydrogens is 249 g/mol. The lowest BCUT2D eigenvalue weighted by molar-refractivity contribution is 0.367. The predicted octanol–water partition coefficient (Wildman–Crippen LogP) is 4.05. The van der Waals surface area contributed by atoms with Gasteiger partial charge in [0.1, 0.15) is 5.82 Å². The van der Waals surface area contributed by atoms with Crippen molar-refractivity contribution in [2.24, 2.45) is 11.8 Å². The maximum atomic E-state index is 13.3. The summed E-state index contributed by atoms with van der Waals surface area (Å²) in [6, 6.07) is 5.02. The van der Waals surface area contributed by atoms with Gasteiger partial charge in [0.2, 0.25) is 0 Å². The molecule has 2 rings (SSSR count). The van der Waals surface area contributed by atoms with Gasteiger partial charge in [0, 0.05) is 11.1 Å². The van der Waals surface area contributed by atoms with Crippen LogP contribution in [0, 0.1) is 17.7 Å². The number of halogens is 2. The summed E-state index contributed by atoms with van der Waals surface area (Å²) in [5.41, 5.74) is 0.913. The van der Waals surface area contributed by atoms with E-state index in [0.29, 0.717) is 17.0 Å². The van der Waals surface area contributed by atoms with Crippen molar-refractivity contribution in [3.05, 3.63) is 34.6 Å². The summed E-state index contributed by atoms with van der Waals surface area (Å²) in [5.74, 6) is 1.29. The molecule has 18 heavy (non-hydrogen) atoms. The molecule has 1 aromatic carbocycles. The van der Waals surface area contributed by atoms with E-state index in [2.05, 4.69) is 12.2 Å². The lowest BCUT2D eigenvalue weighted by Gasteiger charge is -2.23. The first-order chi connectivity index (χ1) is 8.60. The molecule has 0 saturated heterocycles. The molecule has 3 unspecified atom stereocenters. The highest BCUT2D eigenvalue weighted by atomic mass is 35.5. The van der Waals surface area contributed by atoms with Crippen molar-refractivity contribution in [1.82, 2.24) is 5.32 Å². The van der Waals surface area contributed by atoms with Gasteiger partial charge in [-0.2, -0.15) is 0 Å². The first-order valence-electron chi connectivity index (χ1n) is 6.71. The van der Waals surface area contributed by atoms with Crippen LogP contribution in [0.1, 0.15) is 31.7 Å². The minimum absolute atomic E-state index is 0.205. The fraction of sp³-hybridized carbons (Fsp3) is 0.600. The Bertz CT molecular complexity index is 407. The van der Waals surface area contributed by atoms with Gasteiger partial charge in [0.05, 0.1) is 0 Å². The van der Waals surface area contributed by atoms with Gasteiger partial charge < -0.3 is 5.32 Å². The van der Waals surface area contributed by atoms with Crippen LogP contribution in [-0.4, -0.2) is 13.1 Å². The molecule has 0 radical (unpaired) electrons. The molecule has 3 atom stereocenters. The largest absolute Gasteiger partial charge is 0.316 e. The minimum Gasteiger partial charge on any atom is -0.316 e. The highest BCUT2D eigenvalue weighted by Crippen LogP contribution is 2.34. The quantitative estimate of drug-likeness (QED) is 0.870. The van der Waals surface area contributed by atoms with Crippen LogP contribution < -0.4 is 5.32 Å².